The number of hydrogen-bond donors (Lipinski definition) is 2. The summed E-state index contributed by atoms with van der Waals surface area (Å²) in [5.74, 6) is 1.76. The lowest BCUT2D eigenvalue weighted by molar-refractivity contribution is -0.120. The molecule has 0 spiro atoms. The molecule has 2 aliphatic heterocycles. The second kappa shape index (κ2) is 16.7. The zero-order valence-electron chi connectivity index (χ0n) is 28.5. The van der Waals surface area contributed by atoms with Gasteiger partial charge in [-0.2, -0.15) is 0 Å². The molecule has 2 aromatic carbocycles. The maximum atomic E-state index is 14.4. The first-order valence-electron chi connectivity index (χ1n) is 17.4. The molecular formula is C37H53N3O7. The zero-order valence-corrected chi connectivity index (χ0v) is 28.5. The summed E-state index contributed by atoms with van der Waals surface area (Å²) in [7, 11) is 2.07. The molecule has 2 aromatic rings. The van der Waals surface area contributed by atoms with Crippen LogP contribution in [0.4, 0.5) is 5.69 Å². The Morgan fingerprint density at radius 3 is 2.53 bits per heavy atom. The van der Waals surface area contributed by atoms with Gasteiger partial charge in [-0.05, 0) is 88.9 Å². The maximum Gasteiger partial charge on any atom is 0.258 e. The van der Waals surface area contributed by atoms with Crippen molar-refractivity contribution in [3.63, 3.8) is 0 Å². The topological polar surface area (TPSA) is 110 Å². The Hall–Kier alpha value is -3.34. The fourth-order valence-corrected chi connectivity index (χ4v) is 6.79. The number of ether oxygens (including phenoxy) is 4. The number of nitrogens with one attached hydrogen (secondary N) is 1. The molecule has 0 unspecified atom stereocenters. The van der Waals surface area contributed by atoms with E-state index in [9.17, 15) is 14.7 Å². The zero-order chi connectivity index (χ0) is 33.3. The number of carbonyl (C=O) groups is 2. The summed E-state index contributed by atoms with van der Waals surface area (Å²) >= 11 is 0. The van der Waals surface area contributed by atoms with E-state index in [0.29, 0.717) is 43.2 Å². The van der Waals surface area contributed by atoms with Crippen molar-refractivity contribution >= 4 is 17.5 Å². The third-order valence-corrected chi connectivity index (χ3v) is 9.68. The Balaban J connectivity index is 1.36. The van der Waals surface area contributed by atoms with Gasteiger partial charge in [0.15, 0.2) is 11.5 Å². The molecule has 3 aliphatic rings. The van der Waals surface area contributed by atoms with Crippen LogP contribution in [0.3, 0.4) is 0 Å². The molecule has 10 heteroatoms. The van der Waals surface area contributed by atoms with Gasteiger partial charge in [0.2, 0.25) is 12.7 Å². The fourth-order valence-electron chi connectivity index (χ4n) is 6.79. The van der Waals surface area contributed by atoms with Crippen molar-refractivity contribution in [1.82, 2.24) is 9.80 Å². The van der Waals surface area contributed by atoms with Crippen LogP contribution in [0.15, 0.2) is 36.4 Å². The molecule has 0 saturated heterocycles. The first-order valence-corrected chi connectivity index (χ1v) is 17.4. The van der Waals surface area contributed by atoms with E-state index in [2.05, 4.69) is 30.3 Å². The van der Waals surface area contributed by atoms with Crippen LogP contribution in [-0.4, -0.2) is 85.1 Å². The third-order valence-electron chi connectivity index (χ3n) is 9.68. The van der Waals surface area contributed by atoms with E-state index in [1.807, 2.05) is 32.0 Å². The molecule has 258 valence electrons. The smallest absolute Gasteiger partial charge is 0.258 e. The molecule has 2 N–H and O–H groups in total. The maximum absolute atomic E-state index is 14.4. The number of anilines is 1. The largest absolute Gasteiger partial charge is 0.490 e. The highest BCUT2D eigenvalue weighted by Gasteiger charge is 2.31. The number of rotatable bonds is 8. The molecule has 2 heterocycles. The minimum Gasteiger partial charge on any atom is -0.490 e. The van der Waals surface area contributed by atoms with Gasteiger partial charge in [0.25, 0.3) is 5.91 Å². The minimum absolute atomic E-state index is 0.00346. The van der Waals surface area contributed by atoms with Crippen molar-refractivity contribution in [1.29, 1.82) is 0 Å². The van der Waals surface area contributed by atoms with Gasteiger partial charge < -0.3 is 34.3 Å². The van der Waals surface area contributed by atoms with E-state index in [1.54, 1.807) is 17.0 Å². The predicted molar refractivity (Wildman–Crippen MR) is 181 cm³/mol. The molecule has 1 fully saturated rings. The molecular weight excluding hydrogens is 598 g/mol. The average molecular weight is 652 g/mol. The number of carbonyl (C=O) groups excluding carboxylic acids is 2. The number of benzene rings is 2. The minimum atomic E-state index is -0.435. The number of fused-ring (bicyclic) bond motifs is 2. The Kier molecular flexibility index (Phi) is 12.4. The van der Waals surface area contributed by atoms with Crippen molar-refractivity contribution in [3.8, 4) is 17.2 Å². The molecule has 0 aromatic heterocycles. The number of aliphatic hydroxyl groups excluding tert-OH is 1. The lowest BCUT2D eigenvalue weighted by Gasteiger charge is -2.36. The molecule has 1 aliphatic carbocycles. The molecule has 10 nitrogen and oxygen atoms in total. The van der Waals surface area contributed by atoms with E-state index in [4.69, 9.17) is 18.9 Å². The van der Waals surface area contributed by atoms with Crippen LogP contribution in [0.2, 0.25) is 0 Å². The van der Waals surface area contributed by atoms with Crippen LogP contribution < -0.4 is 19.5 Å². The summed E-state index contributed by atoms with van der Waals surface area (Å²) in [6, 6.07) is 11.0. The Bertz CT molecular complexity index is 1350. The van der Waals surface area contributed by atoms with E-state index in [0.717, 1.165) is 62.0 Å². The van der Waals surface area contributed by atoms with Crippen LogP contribution in [0.1, 0.15) is 88.1 Å². The standard InChI is InChI=1S/C37H53N3O7/c1-25-20-40(26(2)23-41)37(43)31-19-30(38-36(42)29-11-6-5-7-12-29)14-16-32(31)47-27(3)10-8-9-17-44-35(25)22-39(4)21-28-13-15-33-34(18-28)46-24-45-33/h13-16,18-19,25-27,29,35,41H,5-12,17,20-24H2,1-4H3,(H,38,42)/t25-,26+,27-,35+/m0/s1. The van der Waals surface area contributed by atoms with Crippen molar-refractivity contribution in [2.45, 2.75) is 96.9 Å². The van der Waals surface area contributed by atoms with Gasteiger partial charge in [0.1, 0.15) is 5.75 Å². The first kappa shape index (κ1) is 35.0. The summed E-state index contributed by atoms with van der Waals surface area (Å²) in [5, 5.41) is 13.3. The van der Waals surface area contributed by atoms with Gasteiger partial charge in [-0.25, -0.2) is 0 Å². The van der Waals surface area contributed by atoms with E-state index >= 15 is 0 Å². The summed E-state index contributed by atoms with van der Waals surface area (Å²) < 4.78 is 23.9. The van der Waals surface area contributed by atoms with E-state index < -0.39 is 6.04 Å². The highest BCUT2D eigenvalue weighted by atomic mass is 16.7. The summed E-state index contributed by atoms with van der Waals surface area (Å²) in [4.78, 5) is 31.5. The molecule has 47 heavy (non-hydrogen) atoms. The Morgan fingerprint density at radius 1 is 1.00 bits per heavy atom. The van der Waals surface area contributed by atoms with Crippen LogP contribution in [-0.2, 0) is 16.1 Å². The van der Waals surface area contributed by atoms with Crippen molar-refractivity contribution in [2.75, 3.05) is 45.5 Å². The summed E-state index contributed by atoms with van der Waals surface area (Å²) in [6.07, 6.45) is 7.49. The molecule has 5 rings (SSSR count). The number of amides is 2. The van der Waals surface area contributed by atoms with Crippen molar-refractivity contribution < 1.29 is 33.6 Å². The second-order valence-corrected chi connectivity index (χ2v) is 13.7. The summed E-state index contributed by atoms with van der Waals surface area (Å²) in [6.45, 7) is 8.41. The SMILES string of the molecule is C[C@H](CO)N1C[C@H](C)[C@@H](CN(C)Cc2ccc3c(c2)OCO3)OCCCC[C@H](C)Oc2ccc(NC(=O)C3CCCCC3)cc2C1=O. The van der Waals surface area contributed by atoms with E-state index in [-0.39, 0.29) is 49.3 Å². The monoisotopic (exact) mass is 651 g/mol. The molecule has 2 amide bonds. The lowest BCUT2D eigenvalue weighted by Crippen LogP contribution is -2.47. The molecule has 1 saturated carbocycles. The van der Waals surface area contributed by atoms with Crippen molar-refractivity contribution in [3.05, 3.63) is 47.5 Å². The predicted octanol–water partition coefficient (Wildman–Crippen LogP) is 5.86. The second-order valence-electron chi connectivity index (χ2n) is 13.7. The fraction of sp³-hybridized carbons (Fsp3) is 0.622. The van der Waals surface area contributed by atoms with Gasteiger partial charge in [-0.15, -0.1) is 0 Å². The normalized spacial score (nSPS) is 23.5. The number of aliphatic hydroxyl groups is 1. The van der Waals surface area contributed by atoms with Gasteiger partial charge in [-0.3, -0.25) is 14.5 Å². The van der Waals surface area contributed by atoms with Crippen LogP contribution in [0.25, 0.3) is 0 Å². The van der Waals surface area contributed by atoms with Gasteiger partial charge in [0.05, 0.1) is 30.4 Å². The van der Waals surface area contributed by atoms with Gasteiger partial charge in [-0.1, -0.05) is 32.3 Å². The highest BCUT2D eigenvalue weighted by molar-refractivity contribution is 6.00. The lowest BCUT2D eigenvalue weighted by atomic mass is 9.88. The quantitative estimate of drug-likeness (QED) is 0.365. The Labute approximate surface area is 279 Å². The number of likely N-dealkylation sites (N-methyl/N-ethyl adjacent to an activating group) is 1. The Morgan fingerprint density at radius 2 is 1.74 bits per heavy atom. The molecule has 4 atom stereocenters. The number of hydrogen-bond acceptors (Lipinski definition) is 8. The summed E-state index contributed by atoms with van der Waals surface area (Å²) in [5.41, 5.74) is 2.09. The average Bonchev–Trinajstić information content (AvgIpc) is 3.54. The molecule has 0 bridgehead atoms. The molecule has 0 radical (unpaired) electrons. The number of nitrogens with zero attached hydrogens (tertiary/aromatic N) is 2. The van der Waals surface area contributed by atoms with Crippen LogP contribution in [0, 0.1) is 11.8 Å². The van der Waals surface area contributed by atoms with Gasteiger partial charge in [0, 0.05) is 43.8 Å². The van der Waals surface area contributed by atoms with Crippen LogP contribution >= 0.6 is 0 Å². The highest BCUT2D eigenvalue weighted by Crippen LogP contribution is 2.33. The third kappa shape index (κ3) is 9.39. The van der Waals surface area contributed by atoms with Crippen molar-refractivity contribution in [2.24, 2.45) is 11.8 Å². The van der Waals surface area contributed by atoms with Crippen LogP contribution in [0.5, 0.6) is 17.2 Å². The van der Waals surface area contributed by atoms with E-state index in [1.165, 1.54) is 6.42 Å². The first-order chi connectivity index (χ1) is 22.7. The van der Waals surface area contributed by atoms with Gasteiger partial charge >= 0.3 is 0 Å².